The fraction of sp³-hybridized carbons (Fsp3) is 0.364. The highest BCUT2D eigenvalue weighted by Gasteiger charge is 2.23. The molecule has 1 fully saturated rings. The third-order valence-electron chi connectivity index (χ3n) is 4.96. The number of rotatable bonds is 6. The maximum atomic E-state index is 12.4. The van der Waals surface area contributed by atoms with Crippen LogP contribution in [-0.2, 0) is 16.1 Å². The molecule has 1 saturated heterocycles. The van der Waals surface area contributed by atoms with Crippen LogP contribution in [0.3, 0.4) is 0 Å². The lowest BCUT2D eigenvalue weighted by molar-refractivity contribution is -0.137. The Hall–Kier alpha value is -2.66. The maximum absolute atomic E-state index is 12.4. The number of benzene rings is 2. The molecule has 0 aromatic heterocycles. The van der Waals surface area contributed by atoms with Crippen LogP contribution < -0.4 is 5.32 Å². The summed E-state index contributed by atoms with van der Waals surface area (Å²) in [5.41, 5.74) is 2.32. The fourth-order valence-electron chi connectivity index (χ4n) is 3.36. The van der Waals surface area contributed by atoms with Gasteiger partial charge in [-0.25, -0.2) is 0 Å². The lowest BCUT2D eigenvalue weighted by atomic mass is 10.1. The van der Waals surface area contributed by atoms with E-state index in [4.69, 9.17) is 0 Å². The summed E-state index contributed by atoms with van der Waals surface area (Å²) in [5, 5.41) is 2.91. The number of nitrogens with one attached hydrogen (secondary N) is 1. The van der Waals surface area contributed by atoms with Crippen molar-refractivity contribution in [3.05, 3.63) is 71.8 Å². The van der Waals surface area contributed by atoms with E-state index >= 15 is 0 Å². The van der Waals surface area contributed by atoms with Gasteiger partial charge >= 0.3 is 0 Å². The molecule has 1 unspecified atom stereocenters. The van der Waals surface area contributed by atoms with Gasteiger partial charge in [0.05, 0.1) is 6.04 Å². The van der Waals surface area contributed by atoms with Crippen LogP contribution in [0.4, 0.5) is 0 Å². The van der Waals surface area contributed by atoms with E-state index in [-0.39, 0.29) is 24.3 Å². The number of nitrogens with zero attached hydrogens (tertiary/aromatic N) is 2. The van der Waals surface area contributed by atoms with E-state index in [1.54, 1.807) is 4.90 Å². The van der Waals surface area contributed by atoms with Crippen LogP contribution in [0.25, 0.3) is 0 Å². The molecular weight excluding hydrogens is 338 g/mol. The van der Waals surface area contributed by atoms with Crippen molar-refractivity contribution in [1.82, 2.24) is 15.1 Å². The molecule has 2 amide bonds. The van der Waals surface area contributed by atoms with E-state index in [0.29, 0.717) is 13.1 Å². The van der Waals surface area contributed by atoms with Gasteiger partial charge in [-0.05, 0) is 18.1 Å². The Labute approximate surface area is 161 Å². The van der Waals surface area contributed by atoms with Crippen molar-refractivity contribution in [1.29, 1.82) is 0 Å². The summed E-state index contributed by atoms with van der Waals surface area (Å²) in [6.07, 6.45) is -0.0874. The standard InChI is InChI=1S/C22H27N3O2/c1-18(20-10-6-3-7-11-20)23-21(26)16-22(27)25-14-12-24(13-15-25)17-19-8-4-2-5-9-19/h2-11,18H,12-17H2,1H3,(H,23,26). The Morgan fingerprint density at radius 2 is 1.52 bits per heavy atom. The number of piperazine rings is 1. The summed E-state index contributed by atoms with van der Waals surface area (Å²) in [4.78, 5) is 28.8. The van der Waals surface area contributed by atoms with Crippen LogP contribution in [0.5, 0.6) is 0 Å². The number of carbonyl (C=O) groups excluding carboxylic acids is 2. The Morgan fingerprint density at radius 1 is 0.926 bits per heavy atom. The van der Waals surface area contributed by atoms with Crippen LogP contribution in [0.2, 0.25) is 0 Å². The van der Waals surface area contributed by atoms with Crippen LogP contribution in [-0.4, -0.2) is 47.8 Å². The van der Waals surface area contributed by atoms with Crippen LogP contribution in [0.1, 0.15) is 30.5 Å². The molecule has 5 heteroatoms. The van der Waals surface area contributed by atoms with Crippen molar-refractivity contribution in [3.8, 4) is 0 Å². The second-order valence-electron chi connectivity index (χ2n) is 7.02. The molecular formula is C22H27N3O2. The normalized spacial score (nSPS) is 16.0. The molecule has 1 N–H and O–H groups in total. The van der Waals surface area contributed by atoms with Crippen molar-refractivity contribution in [2.24, 2.45) is 0 Å². The lowest BCUT2D eigenvalue weighted by Gasteiger charge is -2.34. The summed E-state index contributed by atoms with van der Waals surface area (Å²) in [7, 11) is 0. The van der Waals surface area contributed by atoms with E-state index < -0.39 is 0 Å². The topological polar surface area (TPSA) is 52.7 Å². The Balaban J connectivity index is 1.42. The zero-order valence-electron chi connectivity index (χ0n) is 15.8. The summed E-state index contributed by atoms with van der Waals surface area (Å²) in [5.74, 6) is -0.310. The minimum Gasteiger partial charge on any atom is -0.349 e. The van der Waals surface area contributed by atoms with Gasteiger partial charge in [0, 0.05) is 32.7 Å². The molecule has 2 aromatic carbocycles. The third-order valence-corrected chi connectivity index (χ3v) is 4.96. The van der Waals surface area contributed by atoms with Gasteiger partial charge in [0.25, 0.3) is 0 Å². The van der Waals surface area contributed by atoms with Gasteiger partial charge in [-0.2, -0.15) is 0 Å². The highest BCUT2D eigenvalue weighted by atomic mass is 16.2. The lowest BCUT2D eigenvalue weighted by Crippen LogP contribution is -2.49. The summed E-state index contributed by atoms with van der Waals surface area (Å²) in [6, 6.07) is 20.0. The van der Waals surface area contributed by atoms with Gasteiger partial charge in [-0.1, -0.05) is 60.7 Å². The number of carbonyl (C=O) groups is 2. The predicted octanol–water partition coefficient (Wildman–Crippen LogP) is 2.60. The summed E-state index contributed by atoms with van der Waals surface area (Å²) >= 11 is 0. The van der Waals surface area contributed by atoms with E-state index in [9.17, 15) is 9.59 Å². The first-order chi connectivity index (χ1) is 13.1. The first-order valence-electron chi connectivity index (χ1n) is 9.50. The van der Waals surface area contributed by atoms with Crippen molar-refractivity contribution < 1.29 is 9.59 Å². The molecule has 0 aliphatic carbocycles. The number of hydrogen-bond donors (Lipinski definition) is 1. The van der Waals surface area contributed by atoms with Crippen LogP contribution in [0.15, 0.2) is 60.7 Å². The molecule has 27 heavy (non-hydrogen) atoms. The molecule has 1 aliphatic rings. The van der Waals surface area contributed by atoms with Gasteiger partial charge in [-0.3, -0.25) is 14.5 Å². The van der Waals surface area contributed by atoms with E-state index in [1.807, 2.05) is 55.5 Å². The highest BCUT2D eigenvalue weighted by Crippen LogP contribution is 2.12. The smallest absolute Gasteiger partial charge is 0.232 e. The number of hydrogen-bond acceptors (Lipinski definition) is 3. The average molecular weight is 365 g/mol. The molecule has 142 valence electrons. The second-order valence-corrected chi connectivity index (χ2v) is 7.02. The van der Waals surface area contributed by atoms with Gasteiger partial charge in [0.15, 0.2) is 0 Å². The average Bonchev–Trinajstić information content (AvgIpc) is 2.70. The first kappa shape index (κ1) is 19.1. The van der Waals surface area contributed by atoms with Gasteiger partial charge in [0.1, 0.15) is 6.42 Å². The zero-order chi connectivity index (χ0) is 19.1. The fourth-order valence-corrected chi connectivity index (χ4v) is 3.36. The third kappa shape index (κ3) is 5.66. The molecule has 3 rings (SSSR count). The second kappa shape index (κ2) is 9.33. The van der Waals surface area contributed by atoms with Crippen molar-refractivity contribution >= 4 is 11.8 Å². The van der Waals surface area contributed by atoms with E-state index in [1.165, 1.54) is 5.56 Å². The van der Waals surface area contributed by atoms with E-state index in [0.717, 1.165) is 25.2 Å². The predicted molar refractivity (Wildman–Crippen MR) is 106 cm³/mol. The van der Waals surface area contributed by atoms with Crippen molar-refractivity contribution in [2.45, 2.75) is 25.9 Å². The highest BCUT2D eigenvalue weighted by molar-refractivity contribution is 5.97. The largest absolute Gasteiger partial charge is 0.349 e. The summed E-state index contributed by atoms with van der Waals surface area (Å²) in [6.45, 7) is 5.85. The zero-order valence-corrected chi connectivity index (χ0v) is 15.8. The minimum atomic E-state index is -0.219. The van der Waals surface area contributed by atoms with Crippen molar-refractivity contribution in [2.75, 3.05) is 26.2 Å². The van der Waals surface area contributed by atoms with Gasteiger partial charge in [-0.15, -0.1) is 0 Å². The van der Waals surface area contributed by atoms with E-state index in [2.05, 4.69) is 22.3 Å². The molecule has 0 bridgehead atoms. The Kier molecular flexibility index (Phi) is 6.60. The quantitative estimate of drug-likeness (QED) is 0.801. The molecule has 2 aromatic rings. The SMILES string of the molecule is CC(NC(=O)CC(=O)N1CCN(Cc2ccccc2)CC1)c1ccccc1. The molecule has 0 radical (unpaired) electrons. The van der Waals surface area contributed by atoms with Crippen LogP contribution in [0, 0.1) is 0 Å². The van der Waals surface area contributed by atoms with Crippen LogP contribution >= 0.6 is 0 Å². The van der Waals surface area contributed by atoms with Crippen molar-refractivity contribution in [3.63, 3.8) is 0 Å². The molecule has 0 saturated carbocycles. The summed E-state index contributed by atoms with van der Waals surface area (Å²) < 4.78 is 0. The minimum absolute atomic E-state index is 0.0874. The van der Waals surface area contributed by atoms with Gasteiger partial charge < -0.3 is 10.2 Å². The number of amides is 2. The molecule has 0 spiro atoms. The molecule has 1 atom stereocenters. The Morgan fingerprint density at radius 3 is 2.15 bits per heavy atom. The Bertz CT molecular complexity index is 741. The monoisotopic (exact) mass is 365 g/mol. The maximum Gasteiger partial charge on any atom is 0.232 e. The molecule has 1 heterocycles. The molecule has 1 aliphatic heterocycles. The van der Waals surface area contributed by atoms with Gasteiger partial charge in [0.2, 0.25) is 11.8 Å². The molecule has 5 nitrogen and oxygen atoms in total. The first-order valence-corrected chi connectivity index (χ1v) is 9.50.